The minimum atomic E-state index is -1.23. The Morgan fingerprint density at radius 3 is 3.00 bits per heavy atom. The average molecular weight is 169 g/mol. The molecule has 0 bridgehead atoms. The Hall–Kier alpha value is -0.830. The topological polar surface area (TPSA) is 39.2 Å². The van der Waals surface area contributed by atoms with Crippen LogP contribution in [0.25, 0.3) is 0 Å². The van der Waals surface area contributed by atoms with Crippen LogP contribution in [-0.4, -0.2) is 6.04 Å². The van der Waals surface area contributed by atoms with Gasteiger partial charge in [-0.05, 0) is 18.9 Å². The van der Waals surface area contributed by atoms with E-state index in [4.69, 9.17) is 10.2 Å². The smallest absolute Gasteiger partial charge is 0.140 e. The van der Waals surface area contributed by atoms with Crippen molar-refractivity contribution in [3.63, 3.8) is 0 Å². The molecule has 2 nitrogen and oxygen atoms in total. The summed E-state index contributed by atoms with van der Waals surface area (Å²) in [5, 5.41) is 0. The third kappa shape index (κ3) is 1.14. The molecule has 0 aliphatic heterocycles. The molecule has 0 aromatic carbocycles. The first-order valence-electron chi connectivity index (χ1n) is 4.18. The van der Waals surface area contributed by atoms with Gasteiger partial charge in [-0.15, -0.1) is 0 Å². The van der Waals surface area contributed by atoms with Gasteiger partial charge in [-0.2, -0.15) is 0 Å². The Kier molecular flexibility index (Phi) is 1.68. The molecule has 2 N–H and O–H groups in total. The second kappa shape index (κ2) is 2.59. The lowest BCUT2D eigenvalue weighted by atomic mass is 9.97. The summed E-state index contributed by atoms with van der Waals surface area (Å²) in [7, 11) is 0. The highest BCUT2D eigenvalue weighted by molar-refractivity contribution is 5.18. The minimum Gasteiger partial charge on any atom is -0.472 e. The molecule has 1 heterocycles. The third-order valence-corrected chi connectivity index (χ3v) is 2.54. The number of hydrogen-bond donors (Lipinski definition) is 1. The lowest BCUT2D eigenvalue weighted by Crippen LogP contribution is -2.20. The number of halogens is 1. The first kappa shape index (κ1) is 7.80. The van der Waals surface area contributed by atoms with Gasteiger partial charge in [0.15, 0.2) is 0 Å². The zero-order valence-electron chi connectivity index (χ0n) is 6.79. The average Bonchev–Trinajstić information content (AvgIpc) is 2.59. The maximum absolute atomic E-state index is 14.0. The van der Waals surface area contributed by atoms with Crippen LogP contribution in [0.3, 0.4) is 0 Å². The fourth-order valence-electron chi connectivity index (χ4n) is 1.82. The molecule has 1 aliphatic rings. The molecule has 2 atom stereocenters. The molecule has 66 valence electrons. The Labute approximate surface area is 70.6 Å². The van der Waals surface area contributed by atoms with E-state index in [1.807, 2.05) is 0 Å². The summed E-state index contributed by atoms with van der Waals surface area (Å²) in [5.74, 6) is 0. The van der Waals surface area contributed by atoms with Gasteiger partial charge in [0, 0.05) is 18.0 Å². The lowest BCUT2D eigenvalue weighted by Gasteiger charge is -2.16. The van der Waals surface area contributed by atoms with Crippen LogP contribution in [0.5, 0.6) is 0 Å². The lowest BCUT2D eigenvalue weighted by molar-refractivity contribution is 0.171. The monoisotopic (exact) mass is 169 g/mol. The van der Waals surface area contributed by atoms with Crippen LogP contribution in [0.1, 0.15) is 24.8 Å². The highest BCUT2D eigenvalue weighted by Crippen LogP contribution is 2.41. The van der Waals surface area contributed by atoms with Crippen molar-refractivity contribution in [2.24, 2.45) is 5.73 Å². The van der Waals surface area contributed by atoms with E-state index in [9.17, 15) is 4.39 Å². The number of furan rings is 1. The summed E-state index contributed by atoms with van der Waals surface area (Å²) in [6.07, 6.45) is 4.68. The number of alkyl halides is 1. The molecule has 1 aromatic rings. The molecular weight excluding hydrogens is 157 g/mol. The zero-order valence-corrected chi connectivity index (χ0v) is 6.79. The first-order chi connectivity index (χ1) is 5.71. The molecule has 0 amide bonds. The standard InChI is InChI=1S/C9H12FNO/c10-9(3-1-8(11)5-9)7-2-4-12-6-7/h2,4,6,8H,1,3,5,11H2. The van der Waals surface area contributed by atoms with E-state index >= 15 is 0 Å². The quantitative estimate of drug-likeness (QED) is 0.697. The first-order valence-corrected chi connectivity index (χ1v) is 4.18. The van der Waals surface area contributed by atoms with Crippen LogP contribution in [-0.2, 0) is 5.67 Å². The Morgan fingerprint density at radius 2 is 2.50 bits per heavy atom. The largest absolute Gasteiger partial charge is 0.472 e. The van der Waals surface area contributed by atoms with Gasteiger partial charge in [-0.25, -0.2) is 4.39 Å². The van der Waals surface area contributed by atoms with Crippen molar-refractivity contribution in [2.45, 2.75) is 31.0 Å². The highest BCUT2D eigenvalue weighted by Gasteiger charge is 2.40. The molecule has 0 saturated heterocycles. The Balaban J connectivity index is 2.23. The molecule has 0 spiro atoms. The normalized spacial score (nSPS) is 35.7. The Morgan fingerprint density at radius 1 is 1.67 bits per heavy atom. The van der Waals surface area contributed by atoms with Crippen LogP contribution >= 0.6 is 0 Å². The maximum Gasteiger partial charge on any atom is 0.140 e. The second-order valence-corrected chi connectivity index (χ2v) is 3.48. The van der Waals surface area contributed by atoms with Crippen LogP contribution in [0.2, 0.25) is 0 Å². The van der Waals surface area contributed by atoms with Crippen molar-refractivity contribution in [2.75, 3.05) is 0 Å². The van der Waals surface area contributed by atoms with E-state index in [2.05, 4.69) is 0 Å². The summed E-state index contributed by atoms with van der Waals surface area (Å²) in [6.45, 7) is 0. The molecule has 0 radical (unpaired) electrons. The molecule has 12 heavy (non-hydrogen) atoms. The van der Waals surface area contributed by atoms with Gasteiger partial charge >= 0.3 is 0 Å². The summed E-state index contributed by atoms with van der Waals surface area (Å²) >= 11 is 0. The van der Waals surface area contributed by atoms with Crippen molar-refractivity contribution in [3.05, 3.63) is 24.2 Å². The van der Waals surface area contributed by atoms with Gasteiger partial charge in [0.1, 0.15) is 5.67 Å². The van der Waals surface area contributed by atoms with E-state index < -0.39 is 5.67 Å². The van der Waals surface area contributed by atoms with E-state index in [0.717, 1.165) is 6.42 Å². The van der Waals surface area contributed by atoms with Crippen molar-refractivity contribution >= 4 is 0 Å². The predicted molar refractivity (Wildman–Crippen MR) is 43.3 cm³/mol. The van der Waals surface area contributed by atoms with Gasteiger partial charge in [0.25, 0.3) is 0 Å². The molecule has 1 aliphatic carbocycles. The van der Waals surface area contributed by atoms with E-state index in [0.29, 0.717) is 18.4 Å². The fourth-order valence-corrected chi connectivity index (χ4v) is 1.82. The zero-order chi connectivity index (χ0) is 8.60. The molecule has 2 unspecified atom stereocenters. The van der Waals surface area contributed by atoms with Crippen LogP contribution in [0, 0.1) is 0 Å². The second-order valence-electron chi connectivity index (χ2n) is 3.48. The van der Waals surface area contributed by atoms with E-state index in [-0.39, 0.29) is 6.04 Å². The van der Waals surface area contributed by atoms with Gasteiger partial charge in [0.2, 0.25) is 0 Å². The van der Waals surface area contributed by atoms with E-state index in [1.165, 1.54) is 12.5 Å². The molecule has 1 aromatic heterocycles. The molecule has 1 fully saturated rings. The summed E-state index contributed by atoms with van der Waals surface area (Å²) in [5.41, 5.74) is 5.05. The molecular formula is C9H12FNO. The SMILES string of the molecule is NC1CCC(F)(c2ccoc2)C1. The van der Waals surface area contributed by atoms with Gasteiger partial charge in [0.05, 0.1) is 12.5 Å². The summed E-state index contributed by atoms with van der Waals surface area (Å²) < 4.78 is 18.8. The fraction of sp³-hybridized carbons (Fsp3) is 0.556. The Bertz CT molecular complexity index is 260. The predicted octanol–water partition coefficient (Wildman–Crippen LogP) is 1.96. The number of rotatable bonds is 1. The highest BCUT2D eigenvalue weighted by atomic mass is 19.1. The summed E-state index contributed by atoms with van der Waals surface area (Å²) in [6, 6.07) is 1.68. The van der Waals surface area contributed by atoms with Crippen molar-refractivity contribution in [1.29, 1.82) is 0 Å². The van der Waals surface area contributed by atoms with Crippen LogP contribution < -0.4 is 5.73 Å². The van der Waals surface area contributed by atoms with Crippen LogP contribution in [0.15, 0.2) is 23.0 Å². The number of nitrogens with two attached hydrogens (primary N) is 1. The van der Waals surface area contributed by atoms with Crippen molar-refractivity contribution < 1.29 is 8.81 Å². The van der Waals surface area contributed by atoms with Gasteiger partial charge in [-0.1, -0.05) is 0 Å². The molecule has 3 heteroatoms. The molecule has 2 rings (SSSR count). The maximum atomic E-state index is 14.0. The van der Waals surface area contributed by atoms with Crippen LogP contribution in [0.4, 0.5) is 4.39 Å². The van der Waals surface area contributed by atoms with Gasteiger partial charge in [-0.3, -0.25) is 0 Å². The summed E-state index contributed by atoms with van der Waals surface area (Å²) in [4.78, 5) is 0. The molecule has 1 saturated carbocycles. The third-order valence-electron chi connectivity index (χ3n) is 2.54. The van der Waals surface area contributed by atoms with Gasteiger partial charge < -0.3 is 10.2 Å². The van der Waals surface area contributed by atoms with Crippen molar-refractivity contribution in [1.82, 2.24) is 0 Å². The minimum absolute atomic E-state index is 0.00454. The van der Waals surface area contributed by atoms with Crippen molar-refractivity contribution in [3.8, 4) is 0 Å². The van der Waals surface area contributed by atoms with E-state index in [1.54, 1.807) is 6.07 Å². The number of hydrogen-bond acceptors (Lipinski definition) is 2.